The second-order valence-corrected chi connectivity index (χ2v) is 3.62. The number of carbonyl (C=O) groups excluding carboxylic acids is 1. The largest absolute Gasteiger partial charge is 0.273 e. The van der Waals surface area contributed by atoms with Crippen LogP contribution in [0.15, 0.2) is 17.8 Å². The summed E-state index contributed by atoms with van der Waals surface area (Å²) in [6.07, 6.45) is 2.49. The van der Waals surface area contributed by atoms with Crippen molar-refractivity contribution in [3.8, 4) is 0 Å². The average Bonchev–Trinajstić information content (AvgIpc) is 2.25. The van der Waals surface area contributed by atoms with E-state index in [2.05, 4.69) is 11.7 Å². The lowest BCUT2D eigenvalue weighted by Gasteiger charge is -2.27. The van der Waals surface area contributed by atoms with Crippen LogP contribution in [0.25, 0.3) is 0 Å². The summed E-state index contributed by atoms with van der Waals surface area (Å²) >= 11 is 0. The van der Waals surface area contributed by atoms with Gasteiger partial charge in [0.25, 0.3) is 0 Å². The van der Waals surface area contributed by atoms with E-state index in [1.165, 1.54) is 11.9 Å². The Bertz CT molecular complexity index is 253. The molecule has 1 aliphatic rings. The first-order valence-corrected chi connectivity index (χ1v) is 3.98. The van der Waals surface area contributed by atoms with Gasteiger partial charge >= 0.3 is 0 Å². The molecule has 0 bridgehead atoms. The molecule has 0 unspecified atom stereocenters. The van der Waals surface area contributed by atoms with Crippen LogP contribution in [0.3, 0.4) is 0 Å². The van der Waals surface area contributed by atoms with Crippen molar-refractivity contribution in [2.45, 2.75) is 32.7 Å². The molecule has 3 heteroatoms. The number of hydrogen-bond acceptors (Lipinski definition) is 2. The molecule has 0 aromatic carbocycles. The zero-order valence-electron chi connectivity index (χ0n) is 7.79. The highest BCUT2D eigenvalue weighted by Crippen LogP contribution is 2.26. The van der Waals surface area contributed by atoms with Gasteiger partial charge in [-0.3, -0.25) is 4.79 Å². The van der Waals surface area contributed by atoms with E-state index in [0.29, 0.717) is 0 Å². The van der Waals surface area contributed by atoms with Gasteiger partial charge in [0.2, 0.25) is 5.91 Å². The highest BCUT2D eigenvalue weighted by molar-refractivity contribution is 5.98. The van der Waals surface area contributed by atoms with Gasteiger partial charge in [-0.05, 0) is 19.9 Å². The Hall–Kier alpha value is -1.12. The van der Waals surface area contributed by atoms with E-state index in [-0.39, 0.29) is 11.4 Å². The van der Waals surface area contributed by atoms with Gasteiger partial charge in [-0.2, -0.15) is 5.10 Å². The molecule has 0 saturated heterocycles. The SMILES string of the molecule is C=CC1=NN(C(C)=O)C(C)(C)C1. The van der Waals surface area contributed by atoms with Crippen LogP contribution in [0, 0.1) is 0 Å². The molecule has 0 aromatic heterocycles. The van der Waals surface area contributed by atoms with E-state index in [1.807, 2.05) is 13.8 Å². The Morgan fingerprint density at radius 3 is 2.58 bits per heavy atom. The lowest BCUT2D eigenvalue weighted by atomic mass is 9.98. The molecule has 3 nitrogen and oxygen atoms in total. The fraction of sp³-hybridized carbons (Fsp3) is 0.556. The smallest absolute Gasteiger partial charge is 0.240 e. The van der Waals surface area contributed by atoms with Crippen molar-refractivity contribution in [3.63, 3.8) is 0 Å². The third-order valence-electron chi connectivity index (χ3n) is 1.95. The molecule has 1 aliphatic heterocycles. The van der Waals surface area contributed by atoms with E-state index in [4.69, 9.17) is 0 Å². The summed E-state index contributed by atoms with van der Waals surface area (Å²) in [5.41, 5.74) is 0.699. The maximum atomic E-state index is 11.1. The molecule has 0 aromatic rings. The molecule has 0 N–H and O–H groups in total. The van der Waals surface area contributed by atoms with Crippen LogP contribution in [0.2, 0.25) is 0 Å². The van der Waals surface area contributed by atoms with Gasteiger partial charge in [0.1, 0.15) is 0 Å². The minimum atomic E-state index is -0.185. The van der Waals surface area contributed by atoms with Crippen molar-refractivity contribution in [1.82, 2.24) is 5.01 Å². The first kappa shape index (κ1) is 8.97. The molecule has 0 fully saturated rings. The van der Waals surface area contributed by atoms with Gasteiger partial charge in [-0.25, -0.2) is 5.01 Å². The maximum absolute atomic E-state index is 11.1. The number of hydrogen-bond donors (Lipinski definition) is 0. The molecule has 0 radical (unpaired) electrons. The monoisotopic (exact) mass is 166 g/mol. The summed E-state index contributed by atoms with van der Waals surface area (Å²) in [5.74, 6) is -0.0168. The predicted octanol–water partition coefficient (Wildman–Crippen LogP) is 1.56. The Balaban J connectivity index is 2.91. The average molecular weight is 166 g/mol. The zero-order chi connectivity index (χ0) is 9.35. The van der Waals surface area contributed by atoms with E-state index >= 15 is 0 Å². The van der Waals surface area contributed by atoms with E-state index in [0.717, 1.165) is 12.1 Å². The van der Waals surface area contributed by atoms with Gasteiger partial charge in [-0.15, -0.1) is 0 Å². The van der Waals surface area contributed by atoms with Crippen LogP contribution in [-0.4, -0.2) is 22.2 Å². The minimum absolute atomic E-state index is 0.0168. The summed E-state index contributed by atoms with van der Waals surface area (Å²) in [6, 6.07) is 0. The van der Waals surface area contributed by atoms with E-state index in [1.54, 1.807) is 6.08 Å². The summed E-state index contributed by atoms with van der Waals surface area (Å²) in [7, 11) is 0. The number of allylic oxidation sites excluding steroid dienone is 1. The Kier molecular flexibility index (Phi) is 2.04. The minimum Gasteiger partial charge on any atom is -0.273 e. The van der Waals surface area contributed by atoms with Crippen LogP contribution in [0.1, 0.15) is 27.2 Å². The van der Waals surface area contributed by atoms with Gasteiger partial charge in [-0.1, -0.05) is 6.58 Å². The quantitative estimate of drug-likeness (QED) is 0.581. The summed E-state index contributed by atoms with van der Waals surface area (Å²) < 4.78 is 0. The molecular formula is C9H14N2O. The molecular weight excluding hydrogens is 152 g/mol. The normalized spacial score (nSPS) is 20.6. The second kappa shape index (κ2) is 2.73. The van der Waals surface area contributed by atoms with Crippen molar-refractivity contribution in [2.75, 3.05) is 0 Å². The Labute approximate surface area is 72.8 Å². The zero-order valence-corrected chi connectivity index (χ0v) is 7.79. The van der Waals surface area contributed by atoms with Crippen LogP contribution >= 0.6 is 0 Å². The predicted molar refractivity (Wildman–Crippen MR) is 48.8 cm³/mol. The number of nitrogens with zero attached hydrogens (tertiary/aromatic N) is 2. The number of hydrazone groups is 1. The molecule has 1 amide bonds. The van der Waals surface area contributed by atoms with Gasteiger partial charge in [0, 0.05) is 13.3 Å². The third-order valence-corrected chi connectivity index (χ3v) is 1.95. The number of rotatable bonds is 1. The topological polar surface area (TPSA) is 32.7 Å². The number of carbonyl (C=O) groups is 1. The molecule has 0 aliphatic carbocycles. The summed E-state index contributed by atoms with van der Waals surface area (Å²) in [6.45, 7) is 9.15. The van der Waals surface area contributed by atoms with E-state index < -0.39 is 0 Å². The highest BCUT2D eigenvalue weighted by Gasteiger charge is 2.35. The summed E-state index contributed by atoms with van der Waals surface area (Å²) in [4.78, 5) is 11.1. The van der Waals surface area contributed by atoms with Crippen molar-refractivity contribution in [3.05, 3.63) is 12.7 Å². The van der Waals surface area contributed by atoms with Crippen LogP contribution in [-0.2, 0) is 4.79 Å². The molecule has 1 rings (SSSR count). The molecule has 1 heterocycles. The molecule has 0 atom stereocenters. The summed E-state index contributed by atoms with van der Waals surface area (Å²) in [5, 5.41) is 5.66. The molecule has 12 heavy (non-hydrogen) atoms. The van der Waals surface area contributed by atoms with Crippen molar-refractivity contribution >= 4 is 11.6 Å². The first-order chi connectivity index (χ1) is 5.47. The van der Waals surface area contributed by atoms with Crippen LogP contribution in [0.5, 0.6) is 0 Å². The standard InChI is InChI=1S/C9H14N2O/c1-5-8-6-9(3,4)11(10-8)7(2)12/h5H,1,6H2,2-4H3. The number of amides is 1. The maximum Gasteiger partial charge on any atom is 0.240 e. The molecule has 66 valence electrons. The van der Waals surface area contributed by atoms with Gasteiger partial charge in [0.15, 0.2) is 0 Å². The van der Waals surface area contributed by atoms with Crippen LogP contribution in [0.4, 0.5) is 0 Å². The highest BCUT2D eigenvalue weighted by atomic mass is 16.2. The lowest BCUT2D eigenvalue weighted by Crippen LogP contribution is -2.39. The lowest BCUT2D eigenvalue weighted by molar-refractivity contribution is -0.132. The van der Waals surface area contributed by atoms with E-state index in [9.17, 15) is 4.79 Å². The van der Waals surface area contributed by atoms with Crippen molar-refractivity contribution < 1.29 is 4.79 Å². The van der Waals surface area contributed by atoms with Crippen molar-refractivity contribution in [2.24, 2.45) is 5.10 Å². The van der Waals surface area contributed by atoms with Gasteiger partial charge < -0.3 is 0 Å². The molecule has 0 saturated carbocycles. The van der Waals surface area contributed by atoms with Gasteiger partial charge in [0.05, 0.1) is 11.3 Å². The third kappa shape index (κ3) is 1.40. The first-order valence-electron chi connectivity index (χ1n) is 3.98. The molecule has 0 spiro atoms. The Morgan fingerprint density at radius 1 is 1.75 bits per heavy atom. The Morgan fingerprint density at radius 2 is 2.33 bits per heavy atom. The van der Waals surface area contributed by atoms with Crippen LogP contribution < -0.4 is 0 Å². The van der Waals surface area contributed by atoms with Crippen molar-refractivity contribution in [1.29, 1.82) is 0 Å². The fourth-order valence-electron chi connectivity index (χ4n) is 1.43. The fourth-order valence-corrected chi connectivity index (χ4v) is 1.43. The second-order valence-electron chi connectivity index (χ2n) is 3.62.